The standard InChI is InChI=1S/C21H28N2O4/c1-4-16-5-8-18(9-6-16)27-14-13-23-21(24)22-12-11-17-7-10-19(25-2)20(15-17)26-3/h5-10,15H,4,11-14H2,1-3H3,(H2,22,23,24). The maximum absolute atomic E-state index is 11.8. The minimum Gasteiger partial charge on any atom is -0.493 e. The van der Waals surface area contributed by atoms with Gasteiger partial charge in [-0.25, -0.2) is 4.79 Å². The summed E-state index contributed by atoms with van der Waals surface area (Å²) in [5.41, 5.74) is 2.33. The Labute approximate surface area is 160 Å². The molecule has 0 aliphatic rings. The van der Waals surface area contributed by atoms with Crippen LogP contribution in [0, 0.1) is 0 Å². The van der Waals surface area contributed by atoms with Crippen LogP contribution in [-0.4, -0.2) is 39.9 Å². The van der Waals surface area contributed by atoms with Gasteiger partial charge in [-0.3, -0.25) is 0 Å². The maximum atomic E-state index is 11.8. The van der Waals surface area contributed by atoms with E-state index in [0.717, 1.165) is 17.7 Å². The van der Waals surface area contributed by atoms with Crippen molar-refractivity contribution in [1.29, 1.82) is 0 Å². The van der Waals surface area contributed by atoms with Crippen LogP contribution in [0.4, 0.5) is 4.79 Å². The van der Waals surface area contributed by atoms with Crippen molar-refractivity contribution in [3.05, 3.63) is 53.6 Å². The fourth-order valence-corrected chi connectivity index (χ4v) is 2.57. The number of methoxy groups -OCH3 is 2. The number of rotatable bonds is 10. The lowest BCUT2D eigenvalue weighted by Crippen LogP contribution is -2.38. The smallest absolute Gasteiger partial charge is 0.314 e. The molecule has 2 amide bonds. The molecule has 146 valence electrons. The van der Waals surface area contributed by atoms with Crippen LogP contribution in [0.25, 0.3) is 0 Å². The summed E-state index contributed by atoms with van der Waals surface area (Å²) in [5, 5.41) is 5.62. The van der Waals surface area contributed by atoms with Gasteiger partial charge in [0.2, 0.25) is 0 Å². The van der Waals surface area contributed by atoms with Crippen LogP contribution < -0.4 is 24.8 Å². The van der Waals surface area contributed by atoms with E-state index >= 15 is 0 Å². The minimum atomic E-state index is -0.208. The van der Waals surface area contributed by atoms with E-state index in [9.17, 15) is 4.79 Å². The van der Waals surface area contributed by atoms with Gasteiger partial charge in [-0.05, 0) is 48.2 Å². The van der Waals surface area contributed by atoms with E-state index in [2.05, 4.69) is 17.6 Å². The highest BCUT2D eigenvalue weighted by Gasteiger charge is 2.05. The van der Waals surface area contributed by atoms with Gasteiger partial charge in [0.05, 0.1) is 20.8 Å². The number of aryl methyl sites for hydroxylation is 1. The van der Waals surface area contributed by atoms with Crippen molar-refractivity contribution in [1.82, 2.24) is 10.6 Å². The van der Waals surface area contributed by atoms with Crippen molar-refractivity contribution in [3.63, 3.8) is 0 Å². The van der Waals surface area contributed by atoms with E-state index in [1.54, 1.807) is 14.2 Å². The normalized spacial score (nSPS) is 10.2. The largest absolute Gasteiger partial charge is 0.493 e. The van der Waals surface area contributed by atoms with Gasteiger partial charge in [-0.1, -0.05) is 25.1 Å². The molecule has 2 aromatic carbocycles. The van der Waals surface area contributed by atoms with Crippen LogP contribution in [0.15, 0.2) is 42.5 Å². The van der Waals surface area contributed by atoms with E-state index < -0.39 is 0 Å². The number of hydrogen-bond donors (Lipinski definition) is 2. The number of amides is 2. The Hall–Kier alpha value is -2.89. The average molecular weight is 372 g/mol. The third-order valence-electron chi connectivity index (χ3n) is 4.14. The van der Waals surface area contributed by atoms with Gasteiger partial charge in [0, 0.05) is 6.54 Å². The van der Waals surface area contributed by atoms with Crippen molar-refractivity contribution in [2.45, 2.75) is 19.8 Å². The van der Waals surface area contributed by atoms with Gasteiger partial charge in [0.25, 0.3) is 0 Å². The van der Waals surface area contributed by atoms with Crippen LogP contribution in [0.1, 0.15) is 18.1 Å². The Morgan fingerprint density at radius 3 is 2.22 bits per heavy atom. The van der Waals surface area contributed by atoms with Crippen molar-refractivity contribution in [2.75, 3.05) is 33.9 Å². The number of benzene rings is 2. The Morgan fingerprint density at radius 1 is 0.889 bits per heavy atom. The first kappa shape index (κ1) is 20.4. The molecule has 6 nitrogen and oxygen atoms in total. The molecule has 0 aliphatic carbocycles. The first-order valence-electron chi connectivity index (χ1n) is 9.10. The quantitative estimate of drug-likeness (QED) is 0.629. The first-order valence-corrected chi connectivity index (χ1v) is 9.10. The van der Waals surface area contributed by atoms with Crippen LogP contribution in [0.2, 0.25) is 0 Å². The second-order valence-electron chi connectivity index (χ2n) is 5.97. The highest BCUT2D eigenvalue weighted by Crippen LogP contribution is 2.27. The molecular formula is C21H28N2O4. The molecule has 0 saturated carbocycles. The van der Waals surface area contributed by atoms with Crippen molar-refractivity contribution < 1.29 is 19.0 Å². The van der Waals surface area contributed by atoms with Gasteiger partial charge < -0.3 is 24.8 Å². The van der Waals surface area contributed by atoms with E-state index in [-0.39, 0.29) is 6.03 Å². The van der Waals surface area contributed by atoms with Crippen molar-refractivity contribution in [2.24, 2.45) is 0 Å². The Bertz CT molecular complexity index is 717. The summed E-state index contributed by atoms with van der Waals surface area (Å²) in [6.45, 7) is 3.51. The summed E-state index contributed by atoms with van der Waals surface area (Å²) in [4.78, 5) is 11.8. The molecule has 0 fully saturated rings. The molecule has 0 aromatic heterocycles. The lowest BCUT2D eigenvalue weighted by atomic mass is 10.1. The molecule has 0 bridgehead atoms. The lowest BCUT2D eigenvalue weighted by molar-refractivity contribution is 0.236. The zero-order valence-corrected chi connectivity index (χ0v) is 16.2. The fourth-order valence-electron chi connectivity index (χ4n) is 2.57. The number of hydrogen-bond acceptors (Lipinski definition) is 4. The predicted octanol–water partition coefficient (Wildman–Crippen LogP) is 3.19. The molecule has 2 N–H and O–H groups in total. The number of nitrogens with one attached hydrogen (secondary N) is 2. The molecule has 6 heteroatoms. The third-order valence-corrected chi connectivity index (χ3v) is 4.14. The molecule has 0 saturated heterocycles. The van der Waals surface area contributed by atoms with Gasteiger partial charge in [-0.2, -0.15) is 0 Å². The highest BCUT2D eigenvalue weighted by atomic mass is 16.5. The molecule has 0 unspecified atom stereocenters. The fraction of sp³-hybridized carbons (Fsp3) is 0.381. The second-order valence-corrected chi connectivity index (χ2v) is 5.97. The number of carbonyl (C=O) groups excluding carboxylic acids is 1. The number of carbonyl (C=O) groups is 1. The van der Waals surface area contributed by atoms with Gasteiger partial charge in [-0.15, -0.1) is 0 Å². The van der Waals surface area contributed by atoms with Crippen LogP contribution in [0.5, 0.6) is 17.2 Å². The summed E-state index contributed by atoms with van der Waals surface area (Å²) in [6.07, 6.45) is 1.71. The molecule has 2 rings (SSSR count). The average Bonchev–Trinajstić information content (AvgIpc) is 2.71. The van der Waals surface area contributed by atoms with E-state index in [0.29, 0.717) is 37.6 Å². The zero-order chi connectivity index (χ0) is 19.5. The molecule has 0 radical (unpaired) electrons. The summed E-state index contributed by atoms with van der Waals surface area (Å²) < 4.78 is 16.1. The summed E-state index contributed by atoms with van der Waals surface area (Å²) in [5.74, 6) is 2.18. The lowest BCUT2D eigenvalue weighted by Gasteiger charge is -2.11. The first-order chi connectivity index (χ1) is 13.2. The molecular weight excluding hydrogens is 344 g/mol. The van der Waals surface area contributed by atoms with Crippen LogP contribution >= 0.6 is 0 Å². The van der Waals surface area contributed by atoms with Gasteiger partial charge >= 0.3 is 6.03 Å². The molecule has 0 aliphatic heterocycles. The molecule has 0 spiro atoms. The predicted molar refractivity (Wildman–Crippen MR) is 106 cm³/mol. The third kappa shape index (κ3) is 6.73. The highest BCUT2D eigenvalue weighted by molar-refractivity contribution is 5.73. The van der Waals surface area contributed by atoms with Gasteiger partial charge in [0.1, 0.15) is 12.4 Å². The van der Waals surface area contributed by atoms with E-state index in [1.165, 1.54) is 5.56 Å². The number of ether oxygens (including phenoxy) is 3. The Balaban J connectivity index is 1.63. The second kappa shape index (κ2) is 11.0. The Morgan fingerprint density at radius 2 is 1.56 bits per heavy atom. The maximum Gasteiger partial charge on any atom is 0.314 e. The SMILES string of the molecule is CCc1ccc(OCCNC(=O)NCCc2ccc(OC)c(OC)c2)cc1. The molecule has 0 atom stereocenters. The van der Waals surface area contributed by atoms with E-state index in [4.69, 9.17) is 14.2 Å². The topological polar surface area (TPSA) is 68.8 Å². The van der Waals surface area contributed by atoms with Crippen molar-refractivity contribution >= 4 is 6.03 Å². The van der Waals surface area contributed by atoms with Crippen LogP contribution in [-0.2, 0) is 12.8 Å². The number of urea groups is 1. The van der Waals surface area contributed by atoms with Crippen molar-refractivity contribution in [3.8, 4) is 17.2 Å². The molecule has 27 heavy (non-hydrogen) atoms. The van der Waals surface area contributed by atoms with Gasteiger partial charge in [0.15, 0.2) is 11.5 Å². The summed E-state index contributed by atoms with van der Waals surface area (Å²) in [6, 6.07) is 13.5. The summed E-state index contributed by atoms with van der Waals surface area (Å²) >= 11 is 0. The summed E-state index contributed by atoms with van der Waals surface area (Å²) in [7, 11) is 3.21. The monoisotopic (exact) mass is 372 g/mol. The van der Waals surface area contributed by atoms with E-state index in [1.807, 2.05) is 42.5 Å². The molecule has 2 aromatic rings. The minimum absolute atomic E-state index is 0.208. The zero-order valence-electron chi connectivity index (χ0n) is 16.2. The van der Waals surface area contributed by atoms with Crippen LogP contribution in [0.3, 0.4) is 0 Å². The molecule has 0 heterocycles. The Kier molecular flexibility index (Phi) is 8.29.